The zero-order valence-electron chi connectivity index (χ0n) is 20.3. The highest BCUT2D eigenvalue weighted by Crippen LogP contribution is 2.31. The van der Waals surface area contributed by atoms with Crippen molar-refractivity contribution >= 4 is 39.1 Å². The third-order valence-electron chi connectivity index (χ3n) is 6.35. The average Bonchev–Trinajstić information content (AvgIpc) is 3.21. The number of aryl methyl sites for hydroxylation is 1. The number of carbonyl (C=O) groups excluding carboxylic acids is 2. The standard InChI is InChI=1S/C25H29N3O6S/c1-14-20-23(35-21(14)25(31)34-16-8-6-5-7-9-16)26-13-28(24(20)30)15(2)22(29)27-18-12-17(32-3)10-11-19(18)33-4/h10-13,15-16H,5-9H2,1-4H3,(H,27,29). The molecule has 1 aliphatic carbocycles. The van der Waals surface area contributed by atoms with Gasteiger partial charge in [-0.1, -0.05) is 6.42 Å². The number of aromatic nitrogens is 2. The second kappa shape index (κ2) is 10.5. The second-order valence-electron chi connectivity index (χ2n) is 8.59. The molecular weight excluding hydrogens is 470 g/mol. The molecule has 1 aliphatic rings. The lowest BCUT2D eigenvalue weighted by atomic mass is 9.98. The molecular formula is C25H29N3O6S. The predicted octanol–water partition coefficient (Wildman–Crippen LogP) is 4.47. The number of nitrogens with zero attached hydrogens (tertiary/aromatic N) is 2. The molecule has 0 spiro atoms. The number of fused-ring (bicyclic) bond motifs is 1. The first-order valence-electron chi connectivity index (χ1n) is 11.6. The van der Waals surface area contributed by atoms with Crippen molar-refractivity contribution in [2.75, 3.05) is 19.5 Å². The van der Waals surface area contributed by atoms with Crippen LogP contribution in [0.15, 0.2) is 29.3 Å². The molecule has 9 nitrogen and oxygen atoms in total. The Hall–Kier alpha value is -3.40. The largest absolute Gasteiger partial charge is 0.497 e. The summed E-state index contributed by atoms with van der Waals surface area (Å²) in [7, 11) is 3.03. The zero-order chi connectivity index (χ0) is 25.1. The first kappa shape index (κ1) is 24.7. The Morgan fingerprint density at radius 2 is 1.91 bits per heavy atom. The zero-order valence-corrected chi connectivity index (χ0v) is 21.1. The number of rotatable bonds is 7. The number of esters is 1. The molecule has 1 amide bonds. The monoisotopic (exact) mass is 499 g/mol. The lowest BCUT2D eigenvalue weighted by molar-refractivity contribution is -0.118. The van der Waals surface area contributed by atoms with Crippen LogP contribution in [0, 0.1) is 6.92 Å². The molecule has 2 heterocycles. The number of anilines is 1. The maximum Gasteiger partial charge on any atom is 0.348 e. The molecule has 186 valence electrons. The fraction of sp³-hybridized carbons (Fsp3) is 0.440. The number of methoxy groups -OCH3 is 2. The van der Waals surface area contributed by atoms with Crippen molar-refractivity contribution in [3.05, 3.63) is 45.3 Å². The van der Waals surface area contributed by atoms with Crippen molar-refractivity contribution in [1.82, 2.24) is 9.55 Å². The highest BCUT2D eigenvalue weighted by molar-refractivity contribution is 7.20. The van der Waals surface area contributed by atoms with Gasteiger partial charge in [0.2, 0.25) is 5.91 Å². The van der Waals surface area contributed by atoms with E-state index in [0.29, 0.717) is 37.8 Å². The number of nitrogens with one attached hydrogen (secondary N) is 1. The van der Waals surface area contributed by atoms with Crippen molar-refractivity contribution in [3.63, 3.8) is 0 Å². The van der Waals surface area contributed by atoms with Gasteiger partial charge in [-0.15, -0.1) is 11.3 Å². The number of hydrogen-bond acceptors (Lipinski definition) is 8. The molecule has 2 aromatic heterocycles. The van der Waals surface area contributed by atoms with Gasteiger partial charge in [0, 0.05) is 6.07 Å². The molecule has 0 radical (unpaired) electrons. The van der Waals surface area contributed by atoms with E-state index in [9.17, 15) is 14.4 Å². The van der Waals surface area contributed by atoms with Crippen LogP contribution in [0.1, 0.15) is 60.3 Å². The molecule has 1 unspecified atom stereocenters. The van der Waals surface area contributed by atoms with E-state index in [-0.39, 0.29) is 11.7 Å². The lowest BCUT2D eigenvalue weighted by Gasteiger charge is -2.21. The van der Waals surface area contributed by atoms with E-state index in [4.69, 9.17) is 14.2 Å². The van der Waals surface area contributed by atoms with Gasteiger partial charge in [-0.25, -0.2) is 9.78 Å². The van der Waals surface area contributed by atoms with Crippen LogP contribution < -0.4 is 20.3 Å². The number of carbonyl (C=O) groups is 2. The smallest absolute Gasteiger partial charge is 0.348 e. The van der Waals surface area contributed by atoms with Crippen molar-refractivity contribution in [1.29, 1.82) is 0 Å². The number of thiophene rings is 1. The van der Waals surface area contributed by atoms with Crippen molar-refractivity contribution in [3.8, 4) is 11.5 Å². The van der Waals surface area contributed by atoms with E-state index < -0.39 is 17.9 Å². The Labute approximate surface area is 207 Å². The molecule has 1 fully saturated rings. The maximum atomic E-state index is 13.3. The Bertz CT molecular complexity index is 1310. The lowest BCUT2D eigenvalue weighted by Crippen LogP contribution is -2.32. The minimum Gasteiger partial charge on any atom is -0.497 e. The fourth-order valence-corrected chi connectivity index (χ4v) is 5.29. The molecule has 1 N–H and O–H groups in total. The van der Waals surface area contributed by atoms with Crippen LogP contribution in [-0.2, 0) is 9.53 Å². The average molecular weight is 500 g/mol. The summed E-state index contributed by atoms with van der Waals surface area (Å²) in [6.07, 6.45) is 6.26. The van der Waals surface area contributed by atoms with Crippen LogP contribution in [0.25, 0.3) is 10.2 Å². The summed E-state index contributed by atoms with van der Waals surface area (Å²) >= 11 is 1.15. The summed E-state index contributed by atoms with van der Waals surface area (Å²) in [5, 5.41) is 3.12. The Balaban J connectivity index is 1.59. The minimum atomic E-state index is -0.868. The third kappa shape index (κ3) is 5.02. The predicted molar refractivity (Wildman–Crippen MR) is 134 cm³/mol. The maximum absolute atomic E-state index is 13.3. The quantitative estimate of drug-likeness (QED) is 0.478. The Kier molecular flexibility index (Phi) is 7.39. The van der Waals surface area contributed by atoms with Crippen molar-refractivity contribution in [2.45, 2.75) is 58.1 Å². The SMILES string of the molecule is COc1ccc(OC)c(NC(=O)C(C)n2cnc3sc(C(=O)OC4CCCCC4)c(C)c3c2=O)c1. The van der Waals surface area contributed by atoms with Crippen LogP contribution in [-0.4, -0.2) is 41.8 Å². The summed E-state index contributed by atoms with van der Waals surface area (Å²) in [5.74, 6) is 0.168. The Morgan fingerprint density at radius 3 is 2.60 bits per heavy atom. The van der Waals surface area contributed by atoms with Crippen LogP contribution in [0.2, 0.25) is 0 Å². The van der Waals surface area contributed by atoms with E-state index in [0.717, 1.165) is 43.4 Å². The summed E-state index contributed by atoms with van der Waals surface area (Å²) in [6, 6.07) is 4.17. The van der Waals surface area contributed by atoms with E-state index in [2.05, 4.69) is 10.3 Å². The van der Waals surface area contributed by atoms with Gasteiger partial charge in [0.15, 0.2) is 0 Å². The fourth-order valence-electron chi connectivity index (χ4n) is 4.27. The van der Waals surface area contributed by atoms with E-state index in [1.807, 2.05) is 0 Å². The summed E-state index contributed by atoms with van der Waals surface area (Å²) in [4.78, 5) is 44.4. The van der Waals surface area contributed by atoms with Gasteiger partial charge < -0.3 is 19.5 Å². The summed E-state index contributed by atoms with van der Waals surface area (Å²) in [6.45, 7) is 3.33. The van der Waals surface area contributed by atoms with Crippen molar-refractivity contribution in [2.24, 2.45) is 0 Å². The molecule has 10 heteroatoms. The number of amides is 1. The van der Waals surface area contributed by atoms with E-state index in [1.54, 1.807) is 32.0 Å². The summed E-state index contributed by atoms with van der Waals surface area (Å²) < 4.78 is 17.5. The van der Waals surface area contributed by atoms with Crippen LogP contribution >= 0.6 is 11.3 Å². The number of benzene rings is 1. The van der Waals surface area contributed by atoms with Gasteiger partial charge >= 0.3 is 5.97 Å². The summed E-state index contributed by atoms with van der Waals surface area (Å²) in [5.41, 5.74) is 0.561. The first-order valence-corrected chi connectivity index (χ1v) is 12.4. The highest BCUT2D eigenvalue weighted by atomic mass is 32.1. The second-order valence-corrected chi connectivity index (χ2v) is 9.59. The molecule has 4 rings (SSSR count). The topological polar surface area (TPSA) is 109 Å². The molecule has 1 aromatic carbocycles. The van der Waals surface area contributed by atoms with E-state index >= 15 is 0 Å². The Morgan fingerprint density at radius 1 is 1.17 bits per heavy atom. The van der Waals surface area contributed by atoms with Crippen LogP contribution in [0.5, 0.6) is 11.5 Å². The van der Waals surface area contributed by atoms with Gasteiger partial charge in [-0.05, 0) is 57.2 Å². The highest BCUT2D eigenvalue weighted by Gasteiger charge is 2.26. The van der Waals surface area contributed by atoms with Crippen molar-refractivity contribution < 1.29 is 23.8 Å². The normalized spacial score (nSPS) is 15.0. The molecule has 3 aromatic rings. The first-order chi connectivity index (χ1) is 16.8. The molecule has 35 heavy (non-hydrogen) atoms. The number of ether oxygens (including phenoxy) is 3. The minimum absolute atomic E-state index is 0.0807. The molecule has 0 saturated heterocycles. The molecule has 0 bridgehead atoms. The number of hydrogen-bond donors (Lipinski definition) is 1. The van der Waals surface area contributed by atoms with Gasteiger partial charge in [0.1, 0.15) is 33.4 Å². The van der Waals surface area contributed by atoms with Gasteiger partial charge in [-0.3, -0.25) is 14.2 Å². The van der Waals surface area contributed by atoms with Gasteiger partial charge in [-0.2, -0.15) is 0 Å². The molecule has 1 saturated carbocycles. The van der Waals surface area contributed by atoms with Gasteiger partial charge in [0.05, 0.1) is 31.6 Å². The van der Waals surface area contributed by atoms with Crippen LogP contribution in [0.4, 0.5) is 5.69 Å². The van der Waals surface area contributed by atoms with Gasteiger partial charge in [0.25, 0.3) is 5.56 Å². The van der Waals surface area contributed by atoms with E-state index in [1.165, 1.54) is 25.1 Å². The molecule has 0 aliphatic heterocycles. The third-order valence-corrected chi connectivity index (χ3v) is 7.53. The van der Waals surface area contributed by atoms with Crippen LogP contribution in [0.3, 0.4) is 0 Å². The molecule has 1 atom stereocenters.